The minimum Gasteiger partial charge on any atom is -0.452 e. The van der Waals surface area contributed by atoms with Gasteiger partial charge in [-0.15, -0.1) is 0 Å². The zero-order valence-electron chi connectivity index (χ0n) is 45.5. The first kappa shape index (κ1) is 60.3. The lowest BCUT2D eigenvalue weighted by Gasteiger charge is -2.48. The van der Waals surface area contributed by atoms with Crippen molar-refractivity contribution in [3.8, 4) is 0 Å². The molecule has 85 heavy (non-hydrogen) atoms. The Labute approximate surface area is 487 Å². The van der Waals surface area contributed by atoms with Crippen LogP contribution >= 0.6 is 0 Å². The second-order valence-electron chi connectivity index (χ2n) is 19.8. The minimum atomic E-state index is -1.80. The molecular weight excluding hydrogens is 1100 g/mol. The molecule has 25 nitrogen and oxygen atoms in total. The van der Waals surface area contributed by atoms with Crippen LogP contribution in [0.4, 0.5) is 0 Å². The number of esters is 3. The van der Waals surface area contributed by atoms with Crippen molar-refractivity contribution < 1.29 is 61.8 Å². The summed E-state index contributed by atoms with van der Waals surface area (Å²) in [6.45, 7) is -0.594. The molecule has 0 bridgehead atoms. The molecule has 0 amide bonds. The van der Waals surface area contributed by atoms with Gasteiger partial charge in [0, 0.05) is 26.1 Å². The third kappa shape index (κ3) is 16.3. The fraction of sp³-hybridized carbons (Fsp3) is 0.350. The largest absolute Gasteiger partial charge is 0.452 e. The van der Waals surface area contributed by atoms with Crippen molar-refractivity contribution in [2.24, 2.45) is 20.5 Å². The molecule has 0 spiro atoms. The van der Waals surface area contributed by atoms with Crippen LogP contribution in [0.3, 0.4) is 0 Å². The number of carbonyl (C=O) groups excluding carboxylic acids is 3. The topological polar surface area (TPSA) is 339 Å². The summed E-state index contributed by atoms with van der Waals surface area (Å²) in [6, 6.07) is 49.5. The predicted octanol–water partition coefficient (Wildman–Crippen LogP) is 11.4. The quantitative estimate of drug-likeness (QED) is 0.0169. The first-order valence-electron chi connectivity index (χ1n) is 27.2. The first-order valence-corrected chi connectivity index (χ1v) is 27.2. The summed E-state index contributed by atoms with van der Waals surface area (Å²) < 4.78 is 66.1. The van der Waals surface area contributed by atoms with E-state index in [0.29, 0.717) is 0 Å². The predicted molar refractivity (Wildman–Crippen MR) is 302 cm³/mol. The Bertz CT molecular complexity index is 3330. The minimum absolute atomic E-state index is 0.0261. The molecule has 14 atom stereocenters. The summed E-state index contributed by atoms with van der Waals surface area (Å²) in [5.41, 5.74) is 42.2. The number of rotatable bonds is 25. The van der Waals surface area contributed by atoms with E-state index in [1.54, 1.807) is 54.6 Å². The molecule has 1 aliphatic carbocycles. The number of ether oxygens (including phenoxy) is 10. The van der Waals surface area contributed by atoms with Gasteiger partial charge in [0.25, 0.3) is 0 Å². The van der Waals surface area contributed by atoms with E-state index in [0.717, 1.165) is 16.7 Å². The molecule has 2 heterocycles. The number of nitrogens with zero attached hydrogens (tertiary/aromatic N) is 12. The van der Waals surface area contributed by atoms with Crippen molar-refractivity contribution in [2.45, 2.75) is 118 Å². The number of hydrogen-bond acceptors (Lipinski definition) is 17. The van der Waals surface area contributed by atoms with E-state index in [-0.39, 0.29) is 55.9 Å². The Morgan fingerprint density at radius 3 is 1.14 bits per heavy atom. The number of benzene rings is 6. The molecule has 0 radical (unpaired) electrons. The molecule has 6 aromatic carbocycles. The van der Waals surface area contributed by atoms with Crippen LogP contribution in [-0.4, -0.2) is 117 Å². The monoisotopic (exact) mass is 1150 g/mol. The van der Waals surface area contributed by atoms with Crippen LogP contribution in [0.15, 0.2) is 202 Å². The second-order valence-corrected chi connectivity index (χ2v) is 19.8. The number of carbonyl (C=O) groups is 3. The van der Waals surface area contributed by atoms with E-state index in [4.69, 9.17) is 47.4 Å². The Balaban J connectivity index is 1.10. The average Bonchev–Trinajstić information content (AvgIpc) is 2.70. The van der Waals surface area contributed by atoms with Gasteiger partial charge in [0.15, 0.2) is 30.9 Å². The average molecular weight is 1160 g/mol. The van der Waals surface area contributed by atoms with Gasteiger partial charge >= 0.3 is 17.9 Å². The van der Waals surface area contributed by atoms with E-state index < -0.39 is 110 Å². The van der Waals surface area contributed by atoms with Gasteiger partial charge in [-0.3, -0.25) is 0 Å². The lowest BCUT2D eigenvalue weighted by molar-refractivity contribution is -0.337. The maximum atomic E-state index is 14.3. The van der Waals surface area contributed by atoms with Gasteiger partial charge in [0.05, 0.1) is 80.0 Å². The molecular formula is C60H58N12O13. The van der Waals surface area contributed by atoms with Crippen LogP contribution < -0.4 is 0 Å². The molecule has 25 heteroatoms. The van der Waals surface area contributed by atoms with Crippen LogP contribution in [0.25, 0.3) is 41.8 Å². The van der Waals surface area contributed by atoms with Gasteiger partial charge in [-0.2, -0.15) is 0 Å². The summed E-state index contributed by atoms with van der Waals surface area (Å²) in [5.74, 6) is -2.77. The van der Waals surface area contributed by atoms with Crippen LogP contribution in [0.5, 0.6) is 0 Å². The maximum Gasteiger partial charge on any atom is 0.338 e. The third-order valence-electron chi connectivity index (χ3n) is 14.3. The third-order valence-corrected chi connectivity index (χ3v) is 14.3. The molecule has 0 N–H and O–H groups in total. The standard InChI is InChI=1S/C60H58N12O13/c61-69-65-33-48-50(76-35-38-19-7-1-8-20-38)52(77-36-39-21-9-2-10-22-39)54(78-37-40-23-11-3-12-24-40)59(81-48)79-46-32-47(45(68-72-64)31-44(46)67-71-63)80-60-55(85-58(75)43-29-17-6-18-30-43)53(84-57(74)42-27-15-5-16-28-42)51(49(82-60)34-66-70-62)83-56(73)41-25-13-4-14-26-41/h1-30,44-55,59-60H,31-37H2/t44-,45-,46-,47-,48-,49+,50-,51+,52+,53-,54-,55+,59+,60+/m1/s1. The highest BCUT2D eigenvalue weighted by Gasteiger charge is 2.56. The molecule has 2 saturated heterocycles. The molecule has 1 saturated carbocycles. The summed E-state index contributed by atoms with van der Waals surface area (Å²) in [5, 5.41) is 15.9. The summed E-state index contributed by atoms with van der Waals surface area (Å²) in [4.78, 5) is 54.8. The molecule has 3 aliphatic rings. The van der Waals surface area contributed by atoms with E-state index in [2.05, 4.69) is 40.1 Å². The van der Waals surface area contributed by atoms with E-state index >= 15 is 0 Å². The van der Waals surface area contributed by atoms with Gasteiger partial charge in [-0.05, 0) is 81.6 Å². The van der Waals surface area contributed by atoms with Crippen molar-refractivity contribution >= 4 is 17.9 Å². The van der Waals surface area contributed by atoms with E-state index in [9.17, 15) is 36.5 Å². The van der Waals surface area contributed by atoms with Crippen molar-refractivity contribution in [3.05, 3.63) is 257 Å². The lowest BCUT2D eigenvalue weighted by atomic mass is 9.86. The lowest BCUT2D eigenvalue weighted by Crippen LogP contribution is -2.64. The molecule has 2 aliphatic heterocycles. The molecule has 436 valence electrons. The van der Waals surface area contributed by atoms with Gasteiger partial charge in [0.2, 0.25) is 0 Å². The molecule has 0 unspecified atom stereocenters. The summed E-state index contributed by atoms with van der Waals surface area (Å²) >= 11 is 0. The highest BCUT2D eigenvalue weighted by atomic mass is 16.7. The van der Waals surface area contributed by atoms with E-state index in [1.165, 1.54) is 36.4 Å². The molecule has 3 fully saturated rings. The van der Waals surface area contributed by atoms with Crippen molar-refractivity contribution in [3.63, 3.8) is 0 Å². The van der Waals surface area contributed by atoms with Crippen LogP contribution in [0.2, 0.25) is 0 Å². The Hall–Kier alpha value is -9.31. The summed E-state index contributed by atoms with van der Waals surface area (Å²) in [6.07, 6.45) is -16.9. The Morgan fingerprint density at radius 1 is 0.400 bits per heavy atom. The maximum absolute atomic E-state index is 14.3. The normalized spacial score (nSPS) is 26.1. The molecule has 6 aromatic rings. The fourth-order valence-electron chi connectivity index (χ4n) is 10.2. The molecule has 9 rings (SSSR count). The molecule has 0 aromatic heterocycles. The Kier molecular flexibility index (Phi) is 21.9. The highest BCUT2D eigenvalue weighted by molar-refractivity contribution is 5.91. The van der Waals surface area contributed by atoms with Crippen molar-refractivity contribution in [2.75, 3.05) is 13.1 Å². The first-order chi connectivity index (χ1) is 41.7. The van der Waals surface area contributed by atoms with Crippen LogP contribution in [0.1, 0.15) is 60.6 Å². The van der Waals surface area contributed by atoms with Crippen LogP contribution in [-0.2, 0) is 67.2 Å². The van der Waals surface area contributed by atoms with Crippen molar-refractivity contribution in [1.82, 2.24) is 0 Å². The fourth-order valence-corrected chi connectivity index (χ4v) is 10.2. The van der Waals surface area contributed by atoms with Gasteiger partial charge in [-0.1, -0.05) is 166 Å². The van der Waals surface area contributed by atoms with Gasteiger partial charge in [-0.25, -0.2) is 14.4 Å². The van der Waals surface area contributed by atoms with Gasteiger partial charge < -0.3 is 47.4 Å². The SMILES string of the molecule is [N-]=[N+]=NC[C@@H]1O[C@H](O[C@@H]2C[C@@H](O[C@H]3O[C@H](CN=[N+]=[N-])[C@@H](OCc4ccccc4)[C@H](OCc4ccccc4)[C@H]3OCc3ccccc3)[C@H](N=[N+]=[N-])C[C@H]2N=[N+]=[N-])[C@@H](OC(=O)c2ccccc2)[C@H](OC(=O)c2ccccc2)[C@H]1OC(=O)c1ccccc1. The number of azide groups is 4. The van der Waals surface area contributed by atoms with Crippen molar-refractivity contribution in [1.29, 1.82) is 0 Å². The zero-order chi connectivity index (χ0) is 59.2. The zero-order valence-corrected chi connectivity index (χ0v) is 45.5. The second kappa shape index (κ2) is 30.8. The highest BCUT2D eigenvalue weighted by Crippen LogP contribution is 2.39. The van der Waals surface area contributed by atoms with Gasteiger partial charge in [0.1, 0.15) is 24.4 Å². The smallest absolute Gasteiger partial charge is 0.338 e. The van der Waals surface area contributed by atoms with E-state index in [1.807, 2.05) is 91.0 Å². The van der Waals surface area contributed by atoms with Crippen LogP contribution in [0, 0.1) is 0 Å². The Morgan fingerprint density at radius 2 is 0.741 bits per heavy atom. The number of hydrogen-bond donors (Lipinski definition) is 0. The summed E-state index contributed by atoms with van der Waals surface area (Å²) in [7, 11) is 0.